The van der Waals surface area contributed by atoms with Crippen molar-refractivity contribution in [1.82, 2.24) is 0 Å². The first-order valence-electron chi connectivity index (χ1n) is 7.26. The van der Waals surface area contributed by atoms with Crippen LogP contribution in [0.25, 0.3) is 0 Å². The minimum Gasteiger partial charge on any atom is -0.103 e. The lowest BCUT2D eigenvalue weighted by molar-refractivity contribution is 0.427. The number of hydrogen-bond acceptors (Lipinski definition) is 0. The summed E-state index contributed by atoms with van der Waals surface area (Å²) in [7, 11) is 0. The summed E-state index contributed by atoms with van der Waals surface area (Å²) in [6.07, 6.45) is 10.3. The highest BCUT2D eigenvalue weighted by molar-refractivity contribution is 5.03. The maximum atomic E-state index is 3.40. The Morgan fingerprint density at radius 1 is 0.875 bits per heavy atom. The molecule has 0 saturated carbocycles. The van der Waals surface area contributed by atoms with Gasteiger partial charge in [0, 0.05) is 12.3 Å². The Morgan fingerprint density at radius 2 is 1.56 bits per heavy atom. The van der Waals surface area contributed by atoms with Gasteiger partial charge in [0.15, 0.2) is 0 Å². The van der Waals surface area contributed by atoms with Gasteiger partial charge in [-0.05, 0) is 25.2 Å². The highest BCUT2D eigenvalue weighted by Gasteiger charge is 2.04. The summed E-state index contributed by atoms with van der Waals surface area (Å²) in [5, 5.41) is 0. The van der Waals surface area contributed by atoms with Crippen LogP contribution in [0.5, 0.6) is 0 Å². The van der Waals surface area contributed by atoms with E-state index in [1.807, 2.05) is 0 Å². The number of hydrogen-bond donors (Lipinski definition) is 0. The SMILES string of the molecule is CCCCC(CC)CCC#CC(CC)CC. The van der Waals surface area contributed by atoms with Crippen molar-refractivity contribution in [3.8, 4) is 11.8 Å². The van der Waals surface area contributed by atoms with Gasteiger partial charge < -0.3 is 0 Å². The second kappa shape index (κ2) is 11.1. The van der Waals surface area contributed by atoms with Crippen molar-refractivity contribution < 1.29 is 0 Å². The third-order valence-electron chi connectivity index (χ3n) is 3.51. The van der Waals surface area contributed by atoms with Crippen molar-refractivity contribution in [3.05, 3.63) is 0 Å². The Balaban J connectivity index is 3.75. The lowest BCUT2D eigenvalue weighted by Gasteiger charge is -2.11. The maximum Gasteiger partial charge on any atom is 0.0197 e. The van der Waals surface area contributed by atoms with Gasteiger partial charge in [-0.15, -0.1) is 5.92 Å². The molecule has 0 aromatic rings. The van der Waals surface area contributed by atoms with Crippen molar-refractivity contribution >= 4 is 0 Å². The minimum absolute atomic E-state index is 0.635. The van der Waals surface area contributed by atoms with Crippen molar-refractivity contribution in [2.45, 2.75) is 79.1 Å². The monoisotopic (exact) mass is 222 g/mol. The van der Waals surface area contributed by atoms with Gasteiger partial charge in [0.2, 0.25) is 0 Å². The van der Waals surface area contributed by atoms with E-state index in [4.69, 9.17) is 0 Å². The zero-order valence-corrected chi connectivity index (χ0v) is 11.8. The lowest BCUT2D eigenvalue weighted by atomic mass is 9.94. The van der Waals surface area contributed by atoms with Gasteiger partial charge in [-0.25, -0.2) is 0 Å². The van der Waals surface area contributed by atoms with E-state index in [-0.39, 0.29) is 0 Å². The van der Waals surface area contributed by atoms with Gasteiger partial charge in [0.05, 0.1) is 0 Å². The molecule has 0 nitrogen and oxygen atoms in total. The molecule has 0 aliphatic carbocycles. The Kier molecular flexibility index (Phi) is 10.8. The van der Waals surface area contributed by atoms with Gasteiger partial charge in [0.25, 0.3) is 0 Å². The highest BCUT2D eigenvalue weighted by Crippen LogP contribution is 2.18. The van der Waals surface area contributed by atoms with E-state index < -0.39 is 0 Å². The predicted octanol–water partition coefficient (Wildman–Crippen LogP) is 5.42. The molecule has 0 heteroatoms. The van der Waals surface area contributed by atoms with E-state index in [1.165, 1.54) is 44.9 Å². The van der Waals surface area contributed by atoms with Crippen LogP contribution in [-0.2, 0) is 0 Å². The van der Waals surface area contributed by atoms with Gasteiger partial charge in [-0.1, -0.05) is 59.3 Å². The van der Waals surface area contributed by atoms with Crippen LogP contribution in [0.2, 0.25) is 0 Å². The molecule has 0 bridgehead atoms. The fraction of sp³-hybridized carbons (Fsp3) is 0.875. The molecular formula is C16H30. The molecule has 0 N–H and O–H groups in total. The average Bonchev–Trinajstić information content (AvgIpc) is 2.33. The van der Waals surface area contributed by atoms with Gasteiger partial charge >= 0.3 is 0 Å². The molecule has 0 saturated heterocycles. The summed E-state index contributed by atoms with van der Waals surface area (Å²) in [4.78, 5) is 0. The van der Waals surface area contributed by atoms with E-state index in [0.29, 0.717) is 5.92 Å². The topological polar surface area (TPSA) is 0 Å². The standard InChI is InChI=1S/C16H30/c1-5-9-12-16(8-4)14-11-10-13-15(6-2)7-3/h15-16H,5-9,11-12,14H2,1-4H3. The molecule has 0 aliphatic rings. The normalized spacial score (nSPS) is 12.3. The Hall–Kier alpha value is -0.440. The quantitative estimate of drug-likeness (QED) is 0.481. The van der Waals surface area contributed by atoms with Crippen molar-refractivity contribution in [1.29, 1.82) is 0 Å². The summed E-state index contributed by atoms with van der Waals surface area (Å²) in [5.41, 5.74) is 0. The minimum atomic E-state index is 0.635. The molecule has 0 amide bonds. The van der Waals surface area contributed by atoms with Crippen molar-refractivity contribution in [2.75, 3.05) is 0 Å². The van der Waals surface area contributed by atoms with Crippen LogP contribution in [0.1, 0.15) is 79.1 Å². The van der Waals surface area contributed by atoms with Gasteiger partial charge in [0.1, 0.15) is 0 Å². The molecule has 0 spiro atoms. The predicted molar refractivity (Wildman–Crippen MR) is 74.4 cm³/mol. The molecule has 1 unspecified atom stereocenters. The molecule has 1 atom stereocenters. The molecular weight excluding hydrogens is 192 g/mol. The second-order valence-corrected chi connectivity index (χ2v) is 4.79. The second-order valence-electron chi connectivity index (χ2n) is 4.79. The Morgan fingerprint density at radius 3 is 2.06 bits per heavy atom. The van der Waals surface area contributed by atoms with E-state index in [1.54, 1.807) is 0 Å². The summed E-state index contributed by atoms with van der Waals surface area (Å²) < 4.78 is 0. The van der Waals surface area contributed by atoms with Crippen molar-refractivity contribution in [3.63, 3.8) is 0 Å². The zero-order valence-electron chi connectivity index (χ0n) is 11.8. The van der Waals surface area contributed by atoms with Crippen LogP contribution >= 0.6 is 0 Å². The van der Waals surface area contributed by atoms with E-state index in [9.17, 15) is 0 Å². The van der Waals surface area contributed by atoms with E-state index in [2.05, 4.69) is 39.5 Å². The fourth-order valence-electron chi connectivity index (χ4n) is 2.03. The Labute approximate surface area is 103 Å². The summed E-state index contributed by atoms with van der Waals surface area (Å²) in [6, 6.07) is 0. The van der Waals surface area contributed by atoms with Crippen molar-refractivity contribution in [2.24, 2.45) is 11.8 Å². The molecule has 0 aromatic heterocycles. The average molecular weight is 222 g/mol. The first-order chi connectivity index (χ1) is 7.78. The Bertz CT molecular complexity index is 190. The molecule has 0 aromatic carbocycles. The summed E-state index contributed by atoms with van der Waals surface area (Å²) in [6.45, 7) is 9.06. The first-order valence-corrected chi connectivity index (χ1v) is 7.26. The molecule has 0 fully saturated rings. The number of unbranched alkanes of at least 4 members (excludes halogenated alkanes) is 1. The first kappa shape index (κ1) is 15.6. The largest absolute Gasteiger partial charge is 0.103 e. The smallest absolute Gasteiger partial charge is 0.0197 e. The van der Waals surface area contributed by atoms with Crippen LogP contribution in [0.15, 0.2) is 0 Å². The molecule has 16 heavy (non-hydrogen) atoms. The van der Waals surface area contributed by atoms with Crippen LogP contribution < -0.4 is 0 Å². The third kappa shape index (κ3) is 7.80. The van der Waals surface area contributed by atoms with E-state index in [0.717, 1.165) is 12.3 Å². The number of rotatable bonds is 8. The lowest BCUT2D eigenvalue weighted by Crippen LogP contribution is -1.98. The maximum absolute atomic E-state index is 3.40. The molecule has 94 valence electrons. The summed E-state index contributed by atoms with van der Waals surface area (Å²) >= 11 is 0. The molecule has 0 heterocycles. The summed E-state index contributed by atoms with van der Waals surface area (Å²) in [5.74, 6) is 8.33. The van der Waals surface area contributed by atoms with Crippen LogP contribution in [-0.4, -0.2) is 0 Å². The molecule has 0 rings (SSSR count). The van der Waals surface area contributed by atoms with Gasteiger partial charge in [-0.2, -0.15) is 0 Å². The highest BCUT2D eigenvalue weighted by atomic mass is 14.1. The fourth-order valence-corrected chi connectivity index (χ4v) is 2.03. The molecule has 0 radical (unpaired) electrons. The van der Waals surface area contributed by atoms with Crippen LogP contribution in [0, 0.1) is 23.7 Å². The van der Waals surface area contributed by atoms with Crippen LogP contribution in [0.3, 0.4) is 0 Å². The van der Waals surface area contributed by atoms with E-state index >= 15 is 0 Å². The van der Waals surface area contributed by atoms with Gasteiger partial charge in [-0.3, -0.25) is 0 Å². The third-order valence-corrected chi connectivity index (χ3v) is 3.51. The zero-order chi connectivity index (χ0) is 12.2. The van der Waals surface area contributed by atoms with Crippen LogP contribution in [0.4, 0.5) is 0 Å². The molecule has 0 aliphatic heterocycles.